The Morgan fingerprint density at radius 3 is 1.02 bits per heavy atom. The number of imide groups is 4. The minimum absolute atomic E-state index is 0.153. The molecule has 0 saturated carbocycles. The number of rotatable bonds is 35. The number of halogens is 5. The van der Waals surface area contributed by atoms with Crippen molar-refractivity contribution < 1.29 is 96.0 Å². The lowest BCUT2D eigenvalue weighted by molar-refractivity contribution is -0.153. The van der Waals surface area contributed by atoms with E-state index in [1.165, 1.54) is 27.5 Å². The summed E-state index contributed by atoms with van der Waals surface area (Å²) in [4.78, 5) is 181. The van der Waals surface area contributed by atoms with Crippen LogP contribution in [0.5, 0.6) is 0 Å². The average Bonchev–Trinajstić information content (AvgIpc) is 1.67. The minimum atomic E-state index is -1.08. The molecule has 0 radical (unpaired) electrons. The number of hydrogen-bond donors (Lipinski definition) is 4. The van der Waals surface area contributed by atoms with Gasteiger partial charge in [0.15, 0.2) is 0 Å². The number of terminal acetylenes is 2. The molecule has 9 amide bonds. The number of nitrogens with zero attached hydrogens (tertiary/aromatic N) is 3. The van der Waals surface area contributed by atoms with Crippen molar-refractivity contribution in [2.24, 2.45) is 5.73 Å². The van der Waals surface area contributed by atoms with E-state index in [0.717, 1.165) is 103 Å². The fourth-order valence-corrected chi connectivity index (χ4v) is 11.1. The van der Waals surface area contributed by atoms with Gasteiger partial charge < -0.3 is 30.4 Å². The summed E-state index contributed by atoms with van der Waals surface area (Å²) in [6, 6.07) is 27.6. The van der Waals surface area contributed by atoms with E-state index in [-0.39, 0.29) is 98.7 Å². The Hall–Kier alpha value is -8.97. The van der Waals surface area contributed by atoms with Crippen LogP contribution < -0.4 is 16.4 Å². The van der Waals surface area contributed by atoms with Gasteiger partial charge in [0.25, 0.3) is 53.2 Å². The standard InChI is InChI=1S/C14H14INO2.C14H12INO2.C14H13NO2.C10H16INO2.C8H5NO2.C6H12IN.2C6H10O3.C6H10O.C4H5ClO3.C2H6/c2*15-9-5-1-2-6-10-16-13(17)11-7-3-4-8-12(11)14(16)18;1-2-3-4-7-10-15-13(16)11-8-5-6-9-12(11)14(15)17;1-2-9(13)10(14)12-8-6-4-3-5-7-11;10-7-5-3-1-2-4-6(5)8(11)9-7;7-5-3-1-2-4-6-8;2*1-3-5(7)6(8)9-4-2;1-2-3-4-5-6-7;1-2-8-4(7)3(5)6;1-2/h3-5,7-9H,1-2,6,10H2;3-4,7-8H,1-2,6,10H2;1,5-6,8-9H,3-4,7,10H2;5,7H,2-4,6,8H2,1H3,(H,12,14);1-4H,(H,9,10,11);3,5H,1-2,4,6,8H2;2*3-4H2,1-2H3;1,7H,3-6H2;2H2,1H3;1-2H3/b9-5-;;;7-5-;;5-3-;;;;;. The van der Waals surface area contributed by atoms with Gasteiger partial charge >= 0.3 is 23.2 Å². The molecule has 5 N–H and O–H groups in total. The van der Waals surface area contributed by atoms with E-state index < -0.39 is 40.6 Å². The molecule has 0 spiro atoms. The van der Waals surface area contributed by atoms with Gasteiger partial charge in [-0.3, -0.25) is 82.3 Å². The van der Waals surface area contributed by atoms with Crippen LogP contribution in [0.15, 0.2) is 128 Å². The maximum Gasteiger partial charge on any atom is 0.391 e. The van der Waals surface area contributed by atoms with Gasteiger partial charge in [-0.2, -0.15) is 0 Å². The molecule has 4 aliphatic heterocycles. The van der Waals surface area contributed by atoms with E-state index in [0.29, 0.717) is 77.1 Å². The quantitative estimate of drug-likeness (QED) is 0.00486. The van der Waals surface area contributed by atoms with Gasteiger partial charge in [-0.05, 0) is 200 Å². The number of nitrogens with one attached hydrogen (secondary N) is 2. The van der Waals surface area contributed by atoms with Gasteiger partial charge in [0.1, 0.15) is 0 Å². The monoisotopic (exact) mass is 2140 g/mol. The van der Waals surface area contributed by atoms with Crippen LogP contribution in [-0.2, 0) is 52.6 Å². The number of benzene rings is 4. The largest absolute Gasteiger partial charge is 0.460 e. The first-order valence-corrected chi connectivity index (χ1v) is 44.8. The molecule has 8 rings (SSSR count). The minimum Gasteiger partial charge on any atom is -0.460 e. The second-order valence-corrected chi connectivity index (χ2v) is 27.4. The van der Waals surface area contributed by atoms with E-state index in [1.54, 1.807) is 139 Å². The van der Waals surface area contributed by atoms with E-state index in [1.807, 2.05) is 48.7 Å². The molecule has 4 aromatic carbocycles. The number of carbonyl (C=O) groups excluding carboxylic acids is 16. The number of allylic oxidation sites excluding steroid dienone is 3. The summed E-state index contributed by atoms with van der Waals surface area (Å²) in [6.45, 7) is 17.7. The van der Waals surface area contributed by atoms with Crippen LogP contribution in [0, 0.1) is 34.5 Å². The number of esters is 3. The van der Waals surface area contributed by atoms with Crippen molar-refractivity contribution in [2.45, 2.75) is 190 Å². The third-order valence-corrected chi connectivity index (χ3v) is 17.9. The predicted molar refractivity (Wildman–Crippen MR) is 503 cm³/mol. The first kappa shape index (κ1) is 116. The van der Waals surface area contributed by atoms with Crippen molar-refractivity contribution >= 4 is 196 Å². The normalized spacial score (nSPS) is 11.7. The zero-order valence-electron chi connectivity index (χ0n) is 70.1. The number of carbonyl (C=O) groups is 16. The van der Waals surface area contributed by atoms with Crippen LogP contribution in [0.4, 0.5) is 0 Å². The third-order valence-electron chi connectivity index (χ3n) is 15.8. The van der Waals surface area contributed by atoms with Crippen LogP contribution in [-0.4, -0.2) is 173 Å². The number of Topliss-reactive ketones (excluding diaryl/α,β-unsaturated/α-hetero) is 3. The Morgan fingerprint density at radius 1 is 0.446 bits per heavy atom. The lowest BCUT2D eigenvalue weighted by Crippen LogP contribution is -2.31. The van der Waals surface area contributed by atoms with Gasteiger partial charge in [0.2, 0.25) is 17.3 Å². The van der Waals surface area contributed by atoms with E-state index >= 15 is 0 Å². The van der Waals surface area contributed by atoms with Crippen molar-refractivity contribution in [3.05, 3.63) is 172 Å². The molecule has 0 atom stereocenters. The van der Waals surface area contributed by atoms with Crippen molar-refractivity contribution in [1.82, 2.24) is 25.3 Å². The molecule has 0 saturated heterocycles. The fraction of sp³-hybridized carbons (Fsp3) is 0.422. The molecule has 0 aromatic heterocycles. The number of hydrogen-bond acceptors (Lipinski definition) is 21. The number of ether oxygens (including phenoxy) is 3. The second-order valence-electron chi connectivity index (χ2n) is 24.4. The van der Waals surface area contributed by atoms with Crippen LogP contribution in [0.1, 0.15) is 273 Å². The molecule has 0 bridgehead atoms. The Balaban J connectivity index is -0.00000130. The zero-order chi connectivity index (χ0) is 91.7. The summed E-state index contributed by atoms with van der Waals surface area (Å²) in [5.74, 6) is 2.23. The van der Waals surface area contributed by atoms with Crippen LogP contribution >= 0.6 is 102 Å². The fourth-order valence-electron chi connectivity index (χ4n) is 9.69. The maximum atomic E-state index is 12.0. The van der Waals surface area contributed by atoms with Crippen molar-refractivity contribution in [2.75, 3.05) is 59.2 Å². The van der Waals surface area contributed by atoms with Gasteiger partial charge in [-0.15, -0.1) is 24.7 Å². The Labute approximate surface area is 771 Å². The third kappa shape index (κ3) is 49.7. The molecule has 0 aliphatic carbocycles. The summed E-state index contributed by atoms with van der Waals surface area (Å²) in [5.41, 5.74) is 9.36. The summed E-state index contributed by atoms with van der Waals surface area (Å²) in [5, 5.41) is 11.9. The molecule has 4 aromatic rings. The van der Waals surface area contributed by atoms with Gasteiger partial charge in [0, 0.05) is 93.9 Å². The molecular weight excluding hydrogens is 2030 g/mol. The van der Waals surface area contributed by atoms with E-state index in [4.69, 9.17) is 35.3 Å². The number of nitrogens with two attached hydrogens (primary N) is 1. The summed E-state index contributed by atoms with van der Waals surface area (Å²) in [7, 11) is 0. The Morgan fingerprint density at radius 2 is 0.744 bits per heavy atom. The molecule has 31 heteroatoms. The molecule has 0 fully saturated rings. The highest BCUT2D eigenvalue weighted by Crippen LogP contribution is 2.26. The van der Waals surface area contributed by atoms with Crippen molar-refractivity contribution in [1.29, 1.82) is 0 Å². The molecule has 4 heterocycles. The summed E-state index contributed by atoms with van der Waals surface area (Å²) in [6.07, 6.45) is 33.9. The lowest BCUT2D eigenvalue weighted by atomic mass is 10.1. The highest BCUT2D eigenvalue weighted by atomic mass is 127. The molecule has 4 aliphatic rings. The average molecular weight is 2140 g/mol. The Bertz CT molecular complexity index is 4030. The van der Waals surface area contributed by atoms with Crippen LogP contribution in [0.25, 0.3) is 0 Å². The first-order chi connectivity index (χ1) is 58.2. The SMILES string of the molecule is C#CCCCCN1C(=O)c2ccccc2C1=O.C#CCCCCO.CC.CCC(=O)C(=O)NCCCC/C=C\I.CCOC(=O)C(=O)CC.CCOC(=O)C(=O)CC.CCOC(=O)C(=O)Cl.NCCCC/C=C\I.O=C1NC(=O)c2ccccc21.O=C1c2ccccc2C(=O)N1CCCC/C=C\I.O=C1c2ccccc2C(=O)N1CCCCC#CI. The number of fused-ring (bicyclic) bond motifs is 4. The van der Waals surface area contributed by atoms with Crippen LogP contribution in [0.3, 0.4) is 0 Å². The number of aliphatic hydroxyl groups is 1. The Kier molecular flexibility index (Phi) is 72.9. The van der Waals surface area contributed by atoms with E-state index in [2.05, 4.69) is 133 Å². The first-order valence-electron chi connectivity index (χ1n) is 39.6. The van der Waals surface area contributed by atoms with E-state index in [9.17, 15) is 76.7 Å². The van der Waals surface area contributed by atoms with Crippen molar-refractivity contribution in [3.8, 4) is 34.5 Å². The molecule has 658 valence electrons. The predicted octanol–water partition coefficient (Wildman–Crippen LogP) is 16.4. The molecule has 26 nitrogen and oxygen atoms in total. The number of amides is 9. The smallest absolute Gasteiger partial charge is 0.391 e. The van der Waals surface area contributed by atoms with Gasteiger partial charge in [-0.1, -0.05) is 175 Å². The topological polar surface area (TPSA) is 381 Å². The van der Waals surface area contributed by atoms with Gasteiger partial charge in [0.05, 0.1) is 64.3 Å². The number of unbranched alkanes of at least 4 members (excludes halogenated alkanes) is 12. The highest BCUT2D eigenvalue weighted by molar-refractivity contribution is 14.1. The molecular formula is C90H113ClI4N6O20. The number of ketones is 3. The van der Waals surface area contributed by atoms with Gasteiger partial charge in [-0.25, -0.2) is 14.4 Å². The highest BCUT2D eigenvalue weighted by Gasteiger charge is 2.37. The zero-order valence-corrected chi connectivity index (χ0v) is 79.5. The lowest BCUT2D eigenvalue weighted by Gasteiger charge is -2.12. The van der Waals surface area contributed by atoms with Crippen LogP contribution in [0.2, 0.25) is 0 Å². The van der Waals surface area contributed by atoms with Crippen molar-refractivity contribution in [3.63, 3.8) is 0 Å². The summed E-state index contributed by atoms with van der Waals surface area (Å²) >= 11 is 13.3. The molecule has 121 heavy (non-hydrogen) atoms. The number of aliphatic hydroxyl groups excluding tert-OH is 1. The molecule has 0 unspecified atom stereocenters. The second kappa shape index (κ2) is 76.0. The summed E-state index contributed by atoms with van der Waals surface area (Å²) < 4.78 is 21.8. The maximum absolute atomic E-state index is 12.0.